The molecule has 2 amide bonds. The number of nitrogens with one attached hydrogen (secondary N) is 2. The second-order valence-electron chi connectivity index (χ2n) is 5.26. The van der Waals surface area contributed by atoms with E-state index < -0.39 is 22.0 Å². The molecule has 10 heteroatoms. The number of aliphatic carboxylic acids is 1. The van der Waals surface area contributed by atoms with E-state index in [0.717, 1.165) is 4.31 Å². The minimum Gasteiger partial charge on any atom is -0.492 e. The Hall–Kier alpha value is -2.33. The highest BCUT2D eigenvalue weighted by Gasteiger charge is 2.20. The van der Waals surface area contributed by atoms with Crippen molar-refractivity contribution in [2.75, 3.05) is 32.6 Å². The first-order valence-corrected chi connectivity index (χ1v) is 9.08. The van der Waals surface area contributed by atoms with E-state index in [2.05, 4.69) is 10.6 Å². The average Bonchev–Trinajstić information content (AvgIpc) is 2.53. The zero-order chi connectivity index (χ0) is 19.0. The lowest BCUT2D eigenvalue weighted by molar-refractivity contribution is -0.137. The van der Waals surface area contributed by atoms with Crippen LogP contribution in [0.5, 0.6) is 5.75 Å². The van der Waals surface area contributed by atoms with Gasteiger partial charge in [-0.3, -0.25) is 4.79 Å². The quantitative estimate of drug-likeness (QED) is 0.561. The maximum Gasteiger partial charge on any atom is 0.319 e. The highest BCUT2D eigenvalue weighted by Crippen LogP contribution is 2.28. The lowest BCUT2D eigenvalue weighted by atomic mass is 10.3. The number of ether oxygens (including phenoxy) is 1. The smallest absolute Gasteiger partial charge is 0.319 e. The number of anilines is 1. The van der Waals surface area contributed by atoms with Gasteiger partial charge in [0.15, 0.2) is 0 Å². The number of sulfonamides is 1. The summed E-state index contributed by atoms with van der Waals surface area (Å²) in [5.74, 6) is -0.608. The van der Waals surface area contributed by atoms with E-state index in [1.807, 2.05) is 0 Å². The van der Waals surface area contributed by atoms with Crippen LogP contribution in [0, 0.1) is 0 Å². The summed E-state index contributed by atoms with van der Waals surface area (Å²) in [6.07, 6.45) is 0.233. The Labute approximate surface area is 147 Å². The van der Waals surface area contributed by atoms with Gasteiger partial charge < -0.3 is 20.5 Å². The van der Waals surface area contributed by atoms with Crippen molar-refractivity contribution in [2.24, 2.45) is 0 Å². The van der Waals surface area contributed by atoms with Crippen molar-refractivity contribution in [3.05, 3.63) is 18.2 Å². The summed E-state index contributed by atoms with van der Waals surface area (Å²) in [7, 11) is -0.835. The fourth-order valence-electron chi connectivity index (χ4n) is 1.87. The maximum absolute atomic E-state index is 12.2. The highest BCUT2D eigenvalue weighted by atomic mass is 32.2. The van der Waals surface area contributed by atoms with Crippen molar-refractivity contribution >= 4 is 27.7 Å². The normalized spacial score (nSPS) is 11.2. The number of hydrogen-bond acceptors (Lipinski definition) is 5. The van der Waals surface area contributed by atoms with Gasteiger partial charge in [0.1, 0.15) is 5.75 Å². The van der Waals surface area contributed by atoms with Crippen LogP contribution in [0.2, 0.25) is 0 Å². The van der Waals surface area contributed by atoms with E-state index >= 15 is 0 Å². The summed E-state index contributed by atoms with van der Waals surface area (Å²) < 4.78 is 30.9. The molecule has 0 spiro atoms. The van der Waals surface area contributed by atoms with Gasteiger partial charge in [-0.2, -0.15) is 0 Å². The zero-order valence-electron chi connectivity index (χ0n) is 14.4. The minimum atomic E-state index is -3.66. The Morgan fingerprint density at radius 1 is 1.28 bits per heavy atom. The number of amides is 2. The fraction of sp³-hybridized carbons (Fsp3) is 0.467. The topological polar surface area (TPSA) is 125 Å². The Bertz CT molecular complexity index is 718. The van der Waals surface area contributed by atoms with Gasteiger partial charge in [-0.15, -0.1) is 0 Å². The van der Waals surface area contributed by atoms with E-state index in [1.165, 1.54) is 32.3 Å². The maximum atomic E-state index is 12.2. The molecule has 0 unspecified atom stereocenters. The molecule has 0 fully saturated rings. The van der Waals surface area contributed by atoms with Gasteiger partial charge in [-0.05, 0) is 31.5 Å². The summed E-state index contributed by atoms with van der Waals surface area (Å²) in [6.45, 7) is 2.28. The van der Waals surface area contributed by atoms with E-state index in [1.54, 1.807) is 6.92 Å². The van der Waals surface area contributed by atoms with Crippen LogP contribution in [0.25, 0.3) is 0 Å². The van der Waals surface area contributed by atoms with E-state index in [4.69, 9.17) is 9.84 Å². The first-order chi connectivity index (χ1) is 11.7. The third-order valence-corrected chi connectivity index (χ3v) is 4.94. The number of carboxylic acid groups (broad SMARTS) is 1. The lowest BCUT2D eigenvalue weighted by Crippen LogP contribution is -2.30. The molecule has 0 aliphatic heterocycles. The second-order valence-corrected chi connectivity index (χ2v) is 7.41. The van der Waals surface area contributed by atoms with Crippen LogP contribution in [-0.4, -0.2) is 57.1 Å². The summed E-state index contributed by atoms with van der Waals surface area (Å²) in [5.41, 5.74) is 0.209. The number of benzene rings is 1. The number of carboxylic acids is 1. The molecule has 1 rings (SSSR count). The number of hydrogen-bond donors (Lipinski definition) is 3. The van der Waals surface area contributed by atoms with Gasteiger partial charge in [0.2, 0.25) is 10.0 Å². The van der Waals surface area contributed by atoms with Crippen molar-refractivity contribution in [1.82, 2.24) is 9.62 Å². The molecule has 0 atom stereocenters. The summed E-state index contributed by atoms with van der Waals surface area (Å²) in [5, 5.41) is 13.6. The van der Waals surface area contributed by atoms with Crippen LogP contribution in [0.15, 0.2) is 23.1 Å². The van der Waals surface area contributed by atoms with E-state index in [-0.39, 0.29) is 30.0 Å². The van der Waals surface area contributed by atoms with Crippen LogP contribution >= 0.6 is 0 Å². The van der Waals surface area contributed by atoms with Crippen molar-refractivity contribution in [1.29, 1.82) is 0 Å². The molecule has 25 heavy (non-hydrogen) atoms. The fourth-order valence-corrected chi connectivity index (χ4v) is 2.80. The highest BCUT2D eigenvalue weighted by molar-refractivity contribution is 7.89. The Morgan fingerprint density at radius 2 is 1.96 bits per heavy atom. The van der Waals surface area contributed by atoms with Gasteiger partial charge in [0, 0.05) is 27.1 Å². The SMILES string of the molecule is CCOc1ccc(S(=O)(=O)N(C)C)cc1NC(=O)NCCCC(=O)O. The number of carbonyl (C=O) groups is 2. The molecule has 0 aliphatic carbocycles. The monoisotopic (exact) mass is 373 g/mol. The lowest BCUT2D eigenvalue weighted by Gasteiger charge is -2.16. The van der Waals surface area contributed by atoms with E-state index in [9.17, 15) is 18.0 Å². The molecular weight excluding hydrogens is 350 g/mol. The molecule has 0 aliphatic rings. The Balaban J connectivity index is 2.91. The van der Waals surface area contributed by atoms with Crippen molar-refractivity contribution in [2.45, 2.75) is 24.7 Å². The summed E-state index contributed by atoms with van der Waals surface area (Å²) in [4.78, 5) is 22.4. The Morgan fingerprint density at radius 3 is 2.52 bits per heavy atom. The van der Waals surface area contributed by atoms with Gasteiger partial charge in [0.05, 0.1) is 17.2 Å². The molecule has 140 valence electrons. The number of nitrogens with zero attached hydrogens (tertiary/aromatic N) is 1. The predicted molar refractivity (Wildman–Crippen MR) is 92.4 cm³/mol. The standard InChI is InChI=1S/C15H23N3O6S/c1-4-24-13-8-7-11(25(22,23)18(2)3)10-12(13)17-15(21)16-9-5-6-14(19)20/h7-8,10H,4-6,9H2,1-3H3,(H,19,20)(H2,16,17,21). The van der Waals surface area contributed by atoms with Crippen molar-refractivity contribution in [3.63, 3.8) is 0 Å². The van der Waals surface area contributed by atoms with Crippen LogP contribution in [0.3, 0.4) is 0 Å². The van der Waals surface area contributed by atoms with Crippen LogP contribution in [0.4, 0.5) is 10.5 Å². The molecule has 0 aromatic heterocycles. The van der Waals surface area contributed by atoms with Crippen molar-refractivity contribution < 1.29 is 27.9 Å². The third-order valence-electron chi connectivity index (χ3n) is 3.13. The third kappa shape index (κ3) is 6.24. The van der Waals surface area contributed by atoms with Gasteiger partial charge >= 0.3 is 12.0 Å². The Kier molecular flexibility index (Phi) is 7.65. The molecule has 0 saturated heterocycles. The average molecular weight is 373 g/mol. The molecule has 1 aromatic carbocycles. The minimum absolute atomic E-state index is 0.0159. The van der Waals surface area contributed by atoms with Crippen LogP contribution in [-0.2, 0) is 14.8 Å². The first-order valence-electron chi connectivity index (χ1n) is 7.64. The molecule has 1 aromatic rings. The molecule has 0 radical (unpaired) electrons. The number of rotatable bonds is 9. The molecule has 9 nitrogen and oxygen atoms in total. The van der Waals surface area contributed by atoms with Crippen molar-refractivity contribution in [3.8, 4) is 5.75 Å². The van der Waals surface area contributed by atoms with Crippen LogP contribution < -0.4 is 15.4 Å². The van der Waals surface area contributed by atoms with Gasteiger partial charge in [-0.1, -0.05) is 0 Å². The molecule has 0 saturated carbocycles. The molecule has 0 heterocycles. The largest absolute Gasteiger partial charge is 0.492 e. The van der Waals surface area contributed by atoms with Crippen LogP contribution in [0.1, 0.15) is 19.8 Å². The first kappa shape index (κ1) is 20.7. The predicted octanol–water partition coefficient (Wildman–Crippen LogP) is 1.32. The second kappa shape index (κ2) is 9.23. The van der Waals surface area contributed by atoms with Gasteiger partial charge in [0.25, 0.3) is 0 Å². The zero-order valence-corrected chi connectivity index (χ0v) is 15.2. The molecular formula is C15H23N3O6S. The number of urea groups is 1. The summed E-state index contributed by atoms with van der Waals surface area (Å²) >= 11 is 0. The van der Waals surface area contributed by atoms with Gasteiger partial charge in [-0.25, -0.2) is 17.5 Å². The van der Waals surface area contributed by atoms with E-state index in [0.29, 0.717) is 12.4 Å². The number of carbonyl (C=O) groups excluding carboxylic acids is 1. The molecule has 0 bridgehead atoms. The summed E-state index contributed by atoms with van der Waals surface area (Å²) in [6, 6.07) is 3.61. The molecule has 3 N–H and O–H groups in total.